The van der Waals surface area contributed by atoms with Crippen molar-refractivity contribution in [2.24, 2.45) is 5.92 Å². The van der Waals surface area contributed by atoms with Gasteiger partial charge in [-0.2, -0.15) is 0 Å². The van der Waals surface area contributed by atoms with Crippen molar-refractivity contribution in [3.05, 3.63) is 23.4 Å². The van der Waals surface area contributed by atoms with E-state index in [4.69, 9.17) is 14.5 Å². The fourth-order valence-electron chi connectivity index (χ4n) is 4.22. The fourth-order valence-corrected chi connectivity index (χ4v) is 4.22. The van der Waals surface area contributed by atoms with Gasteiger partial charge in [-0.25, -0.2) is 0 Å². The van der Waals surface area contributed by atoms with Crippen molar-refractivity contribution in [1.29, 1.82) is 0 Å². The minimum Gasteiger partial charge on any atom is -0.493 e. The molecule has 2 atom stereocenters. The van der Waals surface area contributed by atoms with E-state index in [2.05, 4.69) is 23.6 Å². The molecule has 1 fully saturated rings. The van der Waals surface area contributed by atoms with Crippen molar-refractivity contribution in [2.45, 2.75) is 38.6 Å². The van der Waals surface area contributed by atoms with Crippen LogP contribution in [0, 0.1) is 5.92 Å². The summed E-state index contributed by atoms with van der Waals surface area (Å²) in [6.07, 6.45) is 4.54. The Balaban J connectivity index is 1.82. The summed E-state index contributed by atoms with van der Waals surface area (Å²) >= 11 is 0. The number of methoxy groups -OCH3 is 2. The van der Waals surface area contributed by atoms with Gasteiger partial charge < -0.3 is 20.1 Å². The molecule has 134 valence electrons. The Morgan fingerprint density at radius 1 is 1.12 bits per heavy atom. The number of anilines is 1. The highest BCUT2D eigenvalue weighted by Crippen LogP contribution is 2.40. The van der Waals surface area contributed by atoms with Crippen molar-refractivity contribution in [1.82, 2.24) is 10.3 Å². The van der Waals surface area contributed by atoms with Crippen LogP contribution in [-0.2, 0) is 12.8 Å². The molecule has 5 nitrogen and oxygen atoms in total. The monoisotopic (exact) mass is 341 g/mol. The number of rotatable bonds is 4. The van der Waals surface area contributed by atoms with Gasteiger partial charge in [-0.3, -0.25) is 4.98 Å². The van der Waals surface area contributed by atoms with E-state index in [1.807, 2.05) is 6.07 Å². The smallest absolute Gasteiger partial charge is 0.162 e. The molecule has 4 rings (SSSR count). The van der Waals surface area contributed by atoms with Crippen molar-refractivity contribution in [3.63, 3.8) is 0 Å². The van der Waals surface area contributed by atoms with Gasteiger partial charge in [0.25, 0.3) is 0 Å². The summed E-state index contributed by atoms with van der Waals surface area (Å²) in [6, 6.07) is 4.52. The third kappa shape index (κ3) is 3.01. The molecule has 1 aromatic heterocycles. The first-order valence-corrected chi connectivity index (χ1v) is 9.24. The van der Waals surface area contributed by atoms with Crippen molar-refractivity contribution < 1.29 is 9.47 Å². The number of pyridine rings is 1. The van der Waals surface area contributed by atoms with E-state index in [-0.39, 0.29) is 0 Å². The molecule has 2 N–H and O–H groups in total. The van der Waals surface area contributed by atoms with Gasteiger partial charge in [0.15, 0.2) is 11.5 Å². The highest BCUT2D eigenvalue weighted by atomic mass is 16.5. The van der Waals surface area contributed by atoms with Crippen LogP contribution in [0.2, 0.25) is 0 Å². The second kappa shape index (κ2) is 6.71. The van der Waals surface area contributed by atoms with Gasteiger partial charge in [-0.05, 0) is 49.8 Å². The Hall–Kier alpha value is -2.01. The van der Waals surface area contributed by atoms with Crippen LogP contribution in [0.3, 0.4) is 0 Å². The molecule has 2 aliphatic rings. The quantitative estimate of drug-likeness (QED) is 0.895. The summed E-state index contributed by atoms with van der Waals surface area (Å²) in [5, 5.41) is 8.52. The Morgan fingerprint density at radius 2 is 1.92 bits per heavy atom. The van der Waals surface area contributed by atoms with Gasteiger partial charge in [-0.1, -0.05) is 6.92 Å². The number of nitrogens with one attached hydrogen (secondary N) is 2. The number of nitrogens with zero attached hydrogens (tertiary/aromatic N) is 1. The lowest BCUT2D eigenvalue weighted by Gasteiger charge is -2.30. The average Bonchev–Trinajstić information content (AvgIpc) is 3.08. The number of piperidine rings is 1. The maximum absolute atomic E-state index is 5.53. The highest BCUT2D eigenvalue weighted by molar-refractivity contribution is 5.96. The predicted octanol–water partition coefficient (Wildman–Crippen LogP) is 3.15. The molecule has 5 heteroatoms. The summed E-state index contributed by atoms with van der Waals surface area (Å²) < 4.78 is 11.0. The summed E-state index contributed by atoms with van der Waals surface area (Å²) in [4.78, 5) is 4.92. The summed E-state index contributed by atoms with van der Waals surface area (Å²) in [7, 11) is 3.36. The Morgan fingerprint density at radius 3 is 2.68 bits per heavy atom. The summed E-state index contributed by atoms with van der Waals surface area (Å²) in [5.74, 6) is 2.19. The number of benzene rings is 1. The average molecular weight is 341 g/mol. The fraction of sp³-hybridized carbons (Fsp3) is 0.550. The van der Waals surface area contributed by atoms with Gasteiger partial charge in [0.1, 0.15) is 0 Å². The molecular formula is C20H27N3O2. The van der Waals surface area contributed by atoms with Gasteiger partial charge in [0, 0.05) is 35.4 Å². The number of aromatic nitrogens is 1. The van der Waals surface area contributed by atoms with Crippen LogP contribution in [-0.4, -0.2) is 38.3 Å². The molecule has 1 unspecified atom stereocenters. The highest BCUT2D eigenvalue weighted by Gasteiger charge is 2.25. The van der Waals surface area contributed by atoms with Gasteiger partial charge >= 0.3 is 0 Å². The second-order valence-corrected chi connectivity index (χ2v) is 7.33. The Bertz CT molecular complexity index is 790. The summed E-state index contributed by atoms with van der Waals surface area (Å²) in [6.45, 7) is 4.43. The maximum Gasteiger partial charge on any atom is 0.162 e. The molecule has 1 aliphatic carbocycles. The van der Waals surface area contributed by atoms with Gasteiger partial charge in [-0.15, -0.1) is 0 Å². The summed E-state index contributed by atoms with van der Waals surface area (Å²) in [5.41, 5.74) is 4.86. The maximum atomic E-state index is 5.53. The molecule has 1 aliphatic heterocycles. The van der Waals surface area contributed by atoms with Crippen molar-refractivity contribution in [2.75, 3.05) is 32.6 Å². The lowest BCUT2D eigenvalue weighted by Crippen LogP contribution is -2.42. The molecule has 2 aromatic rings. The van der Waals surface area contributed by atoms with Crippen LogP contribution in [0.25, 0.3) is 10.9 Å². The van der Waals surface area contributed by atoms with Crippen LogP contribution in [0.1, 0.15) is 31.0 Å². The van der Waals surface area contributed by atoms with E-state index in [1.54, 1.807) is 14.2 Å². The zero-order valence-corrected chi connectivity index (χ0v) is 15.3. The van der Waals surface area contributed by atoms with E-state index < -0.39 is 0 Å². The molecular weight excluding hydrogens is 314 g/mol. The Kier molecular flexibility index (Phi) is 4.42. The van der Waals surface area contributed by atoms with E-state index in [0.717, 1.165) is 48.3 Å². The first kappa shape index (κ1) is 16.5. The molecule has 0 saturated carbocycles. The van der Waals surface area contributed by atoms with E-state index in [9.17, 15) is 0 Å². The number of ether oxygens (including phenoxy) is 2. The van der Waals surface area contributed by atoms with E-state index in [1.165, 1.54) is 29.8 Å². The van der Waals surface area contributed by atoms with Crippen LogP contribution < -0.4 is 20.1 Å². The standard InChI is InChI=1S/C20H27N3O2/c1-12-7-13(11-21-10-12)22-20-14-5-4-6-16(14)23-17-9-19(25-3)18(24-2)8-15(17)20/h8-9,12-13,21H,4-7,10-11H2,1-3H3,(H,22,23)/t12-,13?/m1/s1. The molecule has 0 radical (unpaired) electrons. The third-order valence-electron chi connectivity index (χ3n) is 5.44. The largest absolute Gasteiger partial charge is 0.493 e. The number of hydrogen-bond donors (Lipinski definition) is 2. The molecule has 0 amide bonds. The molecule has 1 aromatic carbocycles. The van der Waals surface area contributed by atoms with Crippen LogP contribution in [0.5, 0.6) is 11.5 Å². The second-order valence-electron chi connectivity index (χ2n) is 7.33. The molecule has 0 bridgehead atoms. The molecule has 2 heterocycles. The lowest BCUT2D eigenvalue weighted by molar-refractivity contribution is 0.355. The van der Waals surface area contributed by atoms with Gasteiger partial charge in [0.2, 0.25) is 0 Å². The van der Waals surface area contributed by atoms with Crippen LogP contribution in [0.15, 0.2) is 12.1 Å². The van der Waals surface area contributed by atoms with E-state index in [0.29, 0.717) is 12.0 Å². The predicted molar refractivity (Wildman–Crippen MR) is 101 cm³/mol. The third-order valence-corrected chi connectivity index (χ3v) is 5.44. The first-order valence-electron chi connectivity index (χ1n) is 9.24. The van der Waals surface area contributed by atoms with Crippen molar-refractivity contribution >= 4 is 16.6 Å². The number of fused-ring (bicyclic) bond motifs is 2. The SMILES string of the molecule is COc1cc2nc3c(c(NC4CNC[C@H](C)C4)c2cc1OC)CCC3. The normalized spacial score (nSPS) is 22.7. The first-order chi connectivity index (χ1) is 12.2. The lowest BCUT2D eigenvalue weighted by atomic mass is 9.96. The van der Waals surface area contributed by atoms with Crippen LogP contribution in [0.4, 0.5) is 5.69 Å². The van der Waals surface area contributed by atoms with Gasteiger partial charge in [0.05, 0.1) is 19.7 Å². The number of hydrogen-bond acceptors (Lipinski definition) is 5. The van der Waals surface area contributed by atoms with Crippen LogP contribution >= 0.6 is 0 Å². The molecule has 25 heavy (non-hydrogen) atoms. The minimum absolute atomic E-state index is 0.451. The molecule has 0 spiro atoms. The van der Waals surface area contributed by atoms with Crippen molar-refractivity contribution in [3.8, 4) is 11.5 Å². The van der Waals surface area contributed by atoms with E-state index >= 15 is 0 Å². The zero-order chi connectivity index (χ0) is 17.4. The topological polar surface area (TPSA) is 55.4 Å². The zero-order valence-electron chi connectivity index (χ0n) is 15.3. The molecule has 1 saturated heterocycles. The Labute approximate surface area is 149 Å². The minimum atomic E-state index is 0.451. The number of aryl methyl sites for hydroxylation is 1.